The van der Waals surface area contributed by atoms with Crippen molar-refractivity contribution in [3.63, 3.8) is 0 Å². The normalized spacial score (nSPS) is 15.3. The van der Waals surface area contributed by atoms with Crippen LogP contribution in [0.1, 0.15) is 18.4 Å². The molecule has 0 atom stereocenters. The van der Waals surface area contributed by atoms with Gasteiger partial charge in [0, 0.05) is 37.6 Å². The molecule has 1 heterocycles. The van der Waals surface area contributed by atoms with Crippen molar-refractivity contribution >= 4 is 17.5 Å². The van der Waals surface area contributed by atoms with E-state index >= 15 is 0 Å². The molecule has 0 aliphatic carbocycles. The number of morpholine rings is 1. The predicted octanol–water partition coefficient (Wildman–Crippen LogP) is 2.97. The number of nitrogens with zero attached hydrogens (tertiary/aromatic N) is 2. The van der Waals surface area contributed by atoms with Crippen LogP contribution in [0, 0.1) is 0 Å². The molecule has 0 aromatic heterocycles. The molecular weight excluding hydrogens is 312 g/mol. The Bertz CT molecular complexity index is 515. The van der Waals surface area contributed by atoms with Crippen LogP contribution in [0.3, 0.4) is 0 Å². The summed E-state index contributed by atoms with van der Waals surface area (Å²) in [6.07, 6.45) is 3.18. The van der Waals surface area contributed by atoms with Gasteiger partial charge in [-0.15, -0.1) is 6.58 Å². The van der Waals surface area contributed by atoms with Crippen LogP contribution in [0.25, 0.3) is 0 Å². The van der Waals surface area contributed by atoms with Crippen LogP contribution >= 0.6 is 11.6 Å². The highest BCUT2D eigenvalue weighted by Gasteiger charge is 2.15. The lowest BCUT2D eigenvalue weighted by Crippen LogP contribution is -2.37. The summed E-state index contributed by atoms with van der Waals surface area (Å²) in [5.41, 5.74) is 0.970. The Morgan fingerprint density at radius 3 is 2.78 bits per heavy atom. The van der Waals surface area contributed by atoms with Gasteiger partial charge < -0.3 is 9.64 Å². The Labute approximate surface area is 143 Å². The largest absolute Gasteiger partial charge is 0.379 e. The lowest BCUT2D eigenvalue weighted by Gasteiger charge is -2.27. The Morgan fingerprint density at radius 1 is 1.35 bits per heavy atom. The summed E-state index contributed by atoms with van der Waals surface area (Å²) >= 11 is 6.20. The first-order valence-corrected chi connectivity index (χ1v) is 8.50. The second kappa shape index (κ2) is 9.71. The van der Waals surface area contributed by atoms with Crippen LogP contribution in [0.15, 0.2) is 36.9 Å². The molecule has 0 saturated carbocycles. The number of hydrogen-bond acceptors (Lipinski definition) is 3. The van der Waals surface area contributed by atoms with Gasteiger partial charge in [-0.25, -0.2) is 0 Å². The molecule has 5 heteroatoms. The molecule has 1 saturated heterocycles. The van der Waals surface area contributed by atoms with Crippen molar-refractivity contribution in [3.8, 4) is 0 Å². The summed E-state index contributed by atoms with van der Waals surface area (Å²) in [6, 6.07) is 7.65. The number of hydrogen-bond donors (Lipinski definition) is 0. The van der Waals surface area contributed by atoms with Crippen molar-refractivity contribution in [1.29, 1.82) is 0 Å². The Kier molecular flexibility index (Phi) is 7.59. The SMILES string of the molecule is C=CCN(Cc1ccccc1Cl)C(=O)CCCN1CCOCC1. The zero-order valence-electron chi connectivity index (χ0n) is 13.5. The number of benzene rings is 1. The monoisotopic (exact) mass is 336 g/mol. The highest BCUT2D eigenvalue weighted by Crippen LogP contribution is 2.17. The summed E-state index contributed by atoms with van der Waals surface area (Å²) in [5.74, 6) is 0.151. The average Bonchev–Trinajstić information content (AvgIpc) is 2.57. The maximum absolute atomic E-state index is 12.5. The molecule has 1 aliphatic heterocycles. The molecule has 126 valence electrons. The van der Waals surface area contributed by atoms with E-state index in [4.69, 9.17) is 16.3 Å². The third kappa shape index (κ3) is 5.98. The first-order chi connectivity index (χ1) is 11.2. The summed E-state index contributed by atoms with van der Waals surface area (Å²) in [6.45, 7) is 9.29. The predicted molar refractivity (Wildman–Crippen MR) is 93.6 cm³/mol. The molecule has 0 radical (unpaired) electrons. The van der Waals surface area contributed by atoms with E-state index in [1.54, 1.807) is 6.08 Å². The van der Waals surface area contributed by atoms with E-state index in [0.717, 1.165) is 44.8 Å². The first kappa shape index (κ1) is 18.0. The lowest BCUT2D eigenvalue weighted by atomic mass is 10.2. The highest BCUT2D eigenvalue weighted by atomic mass is 35.5. The van der Waals surface area contributed by atoms with Crippen molar-refractivity contribution in [3.05, 3.63) is 47.5 Å². The zero-order valence-corrected chi connectivity index (χ0v) is 14.3. The van der Waals surface area contributed by atoms with Crippen LogP contribution in [0.2, 0.25) is 5.02 Å². The van der Waals surface area contributed by atoms with Gasteiger partial charge in [0.15, 0.2) is 0 Å². The number of ether oxygens (including phenoxy) is 1. The third-order valence-electron chi connectivity index (χ3n) is 3.99. The number of carbonyl (C=O) groups excluding carboxylic acids is 1. The Balaban J connectivity index is 1.82. The van der Waals surface area contributed by atoms with Gasteiger partial charge >= 0.3 is 0 Å². The third-order valence-corrected chi connectivity index (χ3v) is 4.36. The van der Waals surface area contributed by atoms with E-state index in [-0.39, 0.29) is 5.91 Å². The fourth-order valence-corrected chi connectivity index (χ4v) is 2.87. The van der Waals surface area contributed by atoms with Crippen LogP contribution < -0.4 is 0 Å². The zero-order chi connectivity index (χ0) is 16.5. The van der Waals surface area contributed by atoms with Gasteiger partial charge in [-0.1, -0.05) is 35.9 Å². The van der Waals surface area contributed by atoms with E-state index < -0.39 is 0 Å². The van der Waals surface area contributed by atoms with Gasteiger partial charge in [-0.2, -0.15) is 0 Å². The van der Waals surface area contributed by atoms with Gasteiger partial charge in [0.05, 0.1) is 13.2 Å². The van der Waals surface area contributed by atoms with Gasteiger partial charge in [0.1, 0.15) is 0 Å². The van der Waals surface area contributed by atoms with E-state index in [2.05, 4.69) is 11.5 Å². The van der Waals surface area contributed by atoms with Crippen LogP contribution in [-0.4, -0.2) is 55.1 Å². The Morgan fingerprint density at radius 2 is 2.09 bits per heavy atom. The standard InChI is InChI=1S/C18H25ClN2O2/c1-2-9-21(15-16-6-3-4-7-17(16)19)18(22)8-5-10-20-11-13-23-14-12-20/h2-4,6-7H,1,5,8-15H2. The fourth-order valence-electron chi connectivity index (χ4n) is 2.68. The van der Waals surface area contributed by atoms with Gasteiger partial charge in [-0.05, 0) is 24.6 Å². The molecule has 0 N–H and O–H groups in total. The maximum atomic E-state index is 12.5. The quantitative estimate of drug-likeness (QED) is 0.684. The molecular formula is C18H25ClN2O2. The minimum atomic E-state index is 0.151. The smallest absolute Gasteiger partial charge is 0.223 e. The van der Waals surface area contributed by atoms with Crippen LogP contribution in [0.4, 0.5) is 0 Å². The maximum Gasteiger partial charge on any atom is 0.223 e. The van der Waals surface area contributed by atoms with Gasteiger partial charge in [-0.3, -0.25) is 9.69 Å². The van der Waals surface area contributed by atoms with E-state index in [1.807, 2.05) is 29.2 Å². The molecule has 4 nitrogen and oxygen atoms in total. The minimum Gasteiger partial charge on any atom is -0.379 e. The summed E-state index contributed by atoms with van der Waals surface area (Å²) in [7, 11) is 0. The molecule has 1 fully saturated rings. The average molecular weight is 337 g/mol. The fraction of sp³-hybridized carbons (Fsp3) is 0.500. The molecule has 1 aromatic carbocycles. The number of rotatable bonds is 8. The van der Waals surface area contributed by atoms with Crippen molar-refractivity contribution in [2.75, 3.05) is 39.4 Å². The summed E-state index contributed by atoms with van der Waals surface area (Å²) in [4.78, 5) is 16.6. The second-order valence-corrected chi connectivity index (χ2v) is 6.12. The second-order valence-electron chi connectivity index (χ2n) is 5.71. The van der Waals surface area contributed by atoms with E-state index in [9.17, 15) is 4.79 Å². The molecule has 1 aliphatic rings. The molecule has 0 unspecified atom stereocenters. The molecule has 1 amide bonds. The van der Waals surface area contributed by atoms with Crippen molar-refractivity contribution in [2.24, 2.45) is 0 Å². The number of carbonyl (C=O) groups is 1. The molecule has 2 rings (SSSR count). The molecule has 0 spiro atoms. The first-order valence-electron chi connectivity index (χ1n) is 8.13. The summed E-state index contributed by atoms with van der Waals surface area (Å²) in [5, 5.41) is 0.697. The molecule has 0 bridgehead atoms. The minimum absolute atomic E-state index is 0.151. The van der Waals surface area contributed by atoms with Gasteiger partial charge in [0.2, 0.25) is 5.91 Å². The highest BCUT2D eigenvalue weighted by molar-refractivity contribution is 6.31. The molecule has 23 heavy (non-hydrogen) atoms. The van der Waals surface area contributed by atoms with E-state index in [0.29, 0.717) is 24.5 Å². The van der Waals surface area contributed by atoms with Crippen molar-refractivity contribution in [1.82, 2.24) is 9.80 Å². The lowest BCUT2D eigenvalue weighted by molar-refractivity contribution is -0.131. The topological polar surface area (TPSA) is 32.8 Å². The van der Waals surface area contributed by atoms with Gasteiger partial charge in [0.25, 0.3) is 0 Å². The Hall–Kier alpha value is -1.36. The summed E-state index contributed by atoms with van der Waals surface area (Å²) < 4.78 is 5.33. The van der Waals surface area contributed by atoms with E-state index in [1.165, 1.54) is 0 Å². The molecule has 1 aromatic rings. The van der Waals surface area contributed by atoms with Crippen molar-refractivity contribution < 1.29 is 9.53 Å². The van der Waals surface area contributed by atoms with Crippen LogP contribution in [-0.2, 0) is 16.1 Å². The number of halogens is 1. The van der Waals surface area contributed by atoms with Crippen molar-refractivity contribution in [2.45, 2.75) is 19.4 Å². The number of amides is 1. The van der Waals surface area contributed by atoms with Crippen LogP contribution in [0.5, 0.6) is 0 Å².